The van der Waals surface area contributed by atoms with E-state index in [2.05, 4.69) is 99.4 Å². The van der Waals surface area contributed by atoms with E-state index < -0.39 is 0 Å². The minimum Gasteiger partial charge on any atom is -0.0710 e. The zero-order chi connectivity index (χ0) is 13.5. The van der Waals surface area contributed by atoms with Crippen molar-refractivity contribution in [1.29, 1.82) is 0 Å². The van der Waals surface area contributed by atoms with E-state index in [4.69, 9.17) is 0 Å². The maximum atomic E-state index is 3.93. The van der Waals surface area contributed by atoms with Crippen molar-refractivity contribution in [2.75, 3.05) is 0 Å². The second-order valence-electron chi connectivity index (χ2n) is 5.12. The molecule has 0 N–H and O–H groups in total. The molecule has 0 amide bonds. The van der Waals surface area contributed by atoms with E-state index in [1.54, 1.807) is 0 Å². The summed E-state index contributed by atoms with van der Waals surface area (Å²) in [5.41, 5.74) is 2.79. The van der Waals surface area contributed by atoms with Crippen LogP contribution in [-0.4, -0.2) is 3.23 Å². The molecule has 3 rings (SSSR count). The predicted octanol–water partition coefficient (Wildman–Crippen LogP) is 5.50. The summed E-state index contributed by atoms with van der Waals surface area (Å²) in [5.74, 6) is 0.560. The fourth-order valence-electron chi connectivity index (χ4n) is 3.39. The summed E-state index contributed by atoms with van der Waals surface area (Å²) in [7, 11) is 0. The Labute approximate surface area is 131 Å². The zero-order valence-corrected chi connectivity index (χ0v) is 14.0. The van der Waals surface area contributed by atoms with Gasteiger partial charge in [0.2, 0.25) is 0 Å². The van der Waals surface area contributed by atoms with E-state index in [1.165, 1.54) is 11.1 Å². The van der Waals surface area contributed by atoms with Gasteiger partial charge in [-0.05, 0) is 17.5 Å². The summed E-state index contributed by atoms with van der Waals surface area (Å²) in [6.07, 6.45) is 1.14. The van der Waals surface area contributed by atoms with Crippen molar-refractivity contribution in [3.05, 3.63) is 71.8 Å². The van der Waals surface area contributed by atoms with Crippen molar-refractivity contribution < 1.29 is 0 Å². The molecule has 0 aliphatic heterocycles. The van der Waals surface area contributed by atoms with E-state index >= 15 is 0 Å². The third kappa shape index (κ3) is 1.76. The van der Waals surface area contributed by atoms with Crippen LogP contribution >= 0.6 is 31.9 Å². The highest BCUT2D eigenvalue weighted by atomic mass is 79.9. The highest BCUT2D eigenvalue weighted by molar-refractivity contribution is 9.25. The Morgan fingerprint density at radius 1 is 0.842 bits per heavy atom. The van der Waals surface area contributed by atoms with Crippen molar-refractivity contribution in [1.82, 2.24) is 0 Å². The molecule has 0 heterocycles. The van der Waals surface area contributed by atoms with E-state index in [0.29, 0.717) is 5.92 Å². The van der Waals surface area contributed by atoms with Gasteiger partial charge in [0.05, 0.1) is 8.65 Å². The zero-order valence-electron chi connectivity index (χ0n) is 10.8. The number of benzene rings is 2. The lowest BCUT2D eigenvalue weighted by molar-refractivity contribution is 0.675. The summed E-state index contributed by atoms with van der Waals surface area (Å²) in [6, 6.07) is 21.6. The van der Waals surface area contributed by atoms with Crippen LogP contribution in [0.25, 0.3) is 0 Å². The van der Waals surface area contributed by atoms with Crippen LogP contribution in [0.2, 0.25) is 0 Å². The topological polar surface area (TPSA) is 0 Å². The Bertz CT molecular complexity index is 521. The summed E-state index contributed by atoms with van der Waals surface area (Å²) in [6.45, 7) is 2.26. The van der Waals surface area contributed by atoms with Crippen molar-refractivity contribution in [2.45, 2.75) is 22.0 Å². The van der Waals surface area contributed by atoms with Gasteiger partial charge in [-0.2, -0.15) is 0 Å². The molecule has 1 atom stereocenters. The van der Waals surface area contributed by atoms with Gasteiger partial charge in [-0.25, -0.2) is 0 Å². The standard InChI is InChI=1S/C17H16Br2/c1-2-15-16(17(15,18)19,13-9-5-3-6-10-13)14-11-7-4-8-12-14/h3-12,15H,2H2,1H3. The highest BCUT2D eigenvalue weighted by Crippen LogP contribution is 2.75. The predicted molar refractivity (Wildman–Crippen MR) is 88.0 cm³/mol. The van der Waals surface area contributed by atoms with Gasteiger partial charge in [0, 0.05) is 5.92 Å². The highest BCUT2D eigenvalue weighted by Gasteiger charge is 2.74. The lowest BCUT2D eigenvalue weighted by Gasteiger charge is -2.20. The van der Waals surface area contributed by atoms with Crippen LogP contribution in [-0.2, 0) is 5.41 Å². The summed E-state index contributed by atoms with van der Waals surface area (Å²) in [5, 5.41) is 0. The van der Waals surface area contributed by atoms with Gasteiger partial charge in [-0.15, -0.1) is 0 Å². The second kappa shape index (κ2) is 4.75. The maximum absolute atomic E-state index is 3.93. The molecule has 1 unspecified atom stereocenters. The average Bonchev–Trinajstić information content (AvgIpc) is 2.97. The van der Waals surface area contributed by atoms with Gasteiger partial charge in [-0.1, -0.05) is 99.4 Å². The minimum absolute atomic E-state index is 0.0320. The van der Waals surface area contributed by atoms with E-state index in [-0.39, 0.29) is 8.65 Å². The van der Waals surface area contributed by atoms with Crippen molar-refractivity contribution in [3.63, 3.8) is 0 Å². The molecule has 1 aliphatic carbocycles. The first-order valence-corrected chi connectivity index (χ1v) is 8.23. The van der Waals surface area contributed by atoms with E-state index in [1.807, 2.05) is 0 Å². The Hall–Kier alpha value is -0.600. The SMILES string of the molecule is CCC1C(Br)(Br)C1(c1ccccc1)c1ccccc1. The van der Waals surface area contributed by atoms with Crippen LogP contribution in [0.5, 0.6) is 0 Å². The van der Waals surface area contributed by atoms with Crippen LogP contribution in [0.15, 0.2) is 60.7 Å². The normalized spacial score (nSPS) is 23.0. The number of hydrogen-bond acceptors (Lipinski definition) is 0. The van der Waals surface area contributed by atoms with Gasteiger partial charge in [0.1, 0.15) is 0 Å². The molecule has 1 fully saturated rings. The van der Waals surface area contributed by atoms with E-state index in [9.17, 15) is 0 Å². The molecular formula is C17H16Br2. The van der Waals surface area contributed by atoms with Crippen molar-refractivity contribution >= 4 is 31.9 Å². The smallest absolute Gasteiger partial charge is 0.0710 e. The van der Waals surface area contributed by atoms with Gasteiger partial charge in [-0.3, -0.25) is 0 Å². The molecular weight excluding hydrogens is 364 g/mol. The number of rotatable bonds is 3. The Kier molecular flexibility index (Phi) is 3.34. The number of halogens is 2. The monoisotopic (exact) mass is 378 g/mol. The van der Waals surface area contributed by atoms with Crippen LogP contribution in [0.4, 0.5) is 0 Å². The van der Waals surface area contributed by atoms with Crippen molar-refractivity contribution in [3.8, 4) is 0 Å². The third-order valence-corrected chi connectivity index (χ3v) is 6.63. The molecule has 0 bridgehead atoms. The van der Waals surface area contributed by atoms with Gasteiger partial charge < -0.3 is 0 Å². The molecule has 2 aromatic carbocycles. The molecule has 2 heteroatoms. The number of hydrogen-bond donors (Lipinski definition) is 0. The molecule has 1 saturated carbocycles. The first-order valence-electron chi connectivity index (χ1n) is 6.64. The average molecular weight is 380 g/mol. The molecule has 1 aliphatic rings. The molecule has 19 heavy (non-hydrogen) atoms. The van der Waals surface area contributed by atoms with Crippen LogP contribution < -0.4 is 0 Å². The fraction of sp³-hybridized carbons (Fsp3) is 0.294. The third-order valence-electron chi connectivity index (χ3n) is 4.27. The van der Waals surface area contributed by atoms with Crippen molar-refractivity contribution in [2.24, 2.45) is 5.92 Å². The largest absolute Gasteiger partial charge is 0.0985 e. The summed E-state index contributed by atoms with van der Waals surface area (Å²) in [4.78, 5) is 0. The second-order valence-corrected chi connectivity index (χ2v) is 8.69. The minimum atomic E-state index is -0.0372. The first kappa shape index (κ1) is 13.4. The number of alkyl halides is 2. The summed E-state index contributed by atoms with van der Waals surface area (Å²) >= 11 is 7.85. The molecule has 0 nitrogen and oxygen atoms in total. The molecule has 0 spiro atoms. The molecule has 0 aromatic heterocycles. The van der Waals surface area contributed by atoms with Crippen LogP contribution in [0.1, 0.15) is 24.5 Å². The van der Waals surface area contributed by atoms with Gasteiger partial charge in [0.25, 0.3) is 0 Å². The Morgan fingerprint density at radius 2 is 1.26 bits per heavy atom. The first-order chi connectivity index (χ1) is 9.15. The van der Waals surface area contributed by atoms with Crippen LogP contribution in [0.3, 0.4) is 0 Å². The molecule has 0 saturated heterocycles. The van der Waals surface area contributed by atoms with Gasteiger partial charge in [0.15, 0.2) is 0 Å². The van der Waals surface area contributed by atoms with Crippen LogP contribution in [0, 0.1) is 5.92 Å². The Morgan fingerprint density at radius 3 is 1.58 bits per heavy atom. The Balaban J connectivity index is 2.20. The fourth-order valence-corrected chi connectivity index (χ4v) is 5.97. The van der Waals surface area contributed by atoms with Gasteiger partial charge >= 0.3 is 0 Å². The lowest BCUT2D eigenvalue weighted by atomic mass is 9.85. The van der Waals surface area contributed by atoms with E-state index in [0.717, 1.165) is 6.42 Å². The molecule has 2 aromatic rings. The maximum Gasteiger partial charge on any atom is 0.0985 e. The lowest BCUT2D eigenvalue weighted by Crippen LogP contribution is -2.16. The quantitative estimate of drug-likeness (QED) is 0.617. The molecule has 0 radical (unpaired) electrons. The summed E-state index contributed by atoms with van der Waals surface area (Å²) < 4.78 is -0.0372. The molecule has 98 valence electrons.